The summed E-state index contributed by atoms with van der Waals surface area (Å²) in [5.74, 6) is 1.11. The summed E-state index contributed by atoms with van der Waals surface area (Å²) in [6.45, 7) is 2.43. The van der Waals surface area contributed by atoms with Crippen LogP contribution in [0, 0.1) is 10.1 Å². The summed E-state index contributed by atoms with van der Waals surface area (Å²) in [6.07, 6.45) is 0. The maximum atomic E-state index is 11.2. The van der Waals surface area contributed by atoms with Crippen LogP contribution >= 0.6 is 24.0 Å². The molecule has 0 bridgehead atoms. The smallest absolute Gasteiger partial charge is 0.220 e. The zero-order valence-electron chi connectivity index (χ0n) is 15.5. The van der Waals surface area contributed by atoms with E-state index in [1.54, 1.807) is 19.2 Å². The van der Waals surface area contributed by atoms with Crippen molar-refractivity contribution < 1.29 is 14.4 Å². The van der Waals surface area contributed by atoms with Crippen LogP contribution in [0.15, 0.2) is 48.5 Å². The van der Waals surface area contributed by atoms with Gasteiger partial charge in [0.25, 0.3) is 0 Å². The van der Waals surface area contributed by atoms with Gasteiger partial charge in [0.05, 0.1) is 14.2 Å². The van der Waals surface area contributed by atoms with Gasteiger partial charge < -0.3 is 14.4 Å². The molecule has 0 aromatic heterocycles. The van der Waals surface area contributed by atoms with E-state index in [-0.39, 0.29) is 11.5 Å². The van der Waals surface area contributed by atoms with Gasteiger partial charge in [-0.05, 0) is 36.8 Å². The van der Waals surface area contributed by atoms with Crippen molar-refractivity contribution >= 4 is 34.0 Å². The predicted molar refractivity (Wildman–Crippen MR) is 114 cm³/mol. The van der Waals surface area contributed by atoms with E-state index in [2.05, 4.69) is 0 Å². The summed E-state index contributed by atoms with van der Waals surface area (Å²) < 4.78 is 11.2. The molecule has 0 saturated carbocycles. The first-order chi connectivity index (χ1) is 13.0. The lowest BCUT2D eigenvalue weighted by Crippen LogP contribution is -2.28. The standard InChI is InChI=1S/C19H22N2O4S2/c1-4-20(15-8-6-5-7-9-15)19(26)27-18(13-21(22)23)14-10-11-16(24-2)17(12-14)25-3/h5-12,18H,4,13H2,1-3H3. The highest BCUT2D eigenvalue weighted by atomic mass is 32.2. The number of anilines is 1. The fraction of sp³-hybridized carbons (Fsp3) is 0.316. The zero-order chi connectivity index (χ0) is 19.8. The fourth-order valence-corrected chi connectivity index (χ4v) is 4.28. The first-order valence-corrected chi connectivity index (χ1v) is 9.65. The lowest BCUT2D eigenvalue weighted by molar-refractivity contribution is -0.479. The van der Waals surface area contributed by atoms with Crippen molar-refractivity contribution in [3.63, 3.8) is 0 Å². The van der Waals surface area contributed by atoms with E-state index >= 15 is 0 Å². The molecule has 2 aromatic carbocycles. The van der Waals surface area contributed by atoms with Gasteiger partial charge in [0.15, 0.2) is 11.5 Å². The molecule has 1 unspecified atom stereocenters. The number of methoxy groups -OCH3 is 2. The van der Waals surface area contributed by atoms with Gasteiger partial charge in [-0.1, -0.05) is 48.2 Å². The average Bonchev–Trinajstić information content (AvgIpc) is 2.68. The van der Waals surface area contributed by atoms with Gasteiger partial charge in [0, 0.05) is 17.2 Å². The third-order valence-corrected chi connectivity index (χ3v) is 5.58. The molecule has 0 fully saturated rings. The fourth-order valence-electron chi connectivity index (χ4n) is 2.61. The van der Waals surface area contributed by atoms with Crippen LogP contribution in [0.5, 0.6) is 11.5 Å². The van der Waals surface area contributed by atoms with Crippen LogP contribution in [0.4, 0.5) is 5.69 Å². The Kier molecular flexibility index (Phi) is 7.87. The van der Waals surface area contributed by atoms with Crippen molar-refractivity contribution in [2.24, 2.45) is 0 Å². The molecule has 2 aromatic rings. The Morgan fingerprint density at radius 1 is 1.19 bits per heavy atom. The van der Waals surface area contributed by atoms with Crippen molar-refractivity contribution in [1.29, 1.82) is 0 Å². The largest absolute Gasteiger partial charge is 0.493 e. The molecule has 2 rings (SSSR count). The van der Waals surface area contributed by atoms with Crippen molar-refractivity contribution in [2.45, 2.75) is 12.2 Å². The van der Waals surface area contributed by atoms with Crippen molar-refractivity contribution in [2.75, 3.05) is 32.2 Å². The van der Waals surface area contributed by atoms with Gasteiger partial charge in [0.1, 0.15) is 9.57 Å². The average molecular weight is 407 g/mol. The van der Waals surface area contributed by atoms with Gasteiger partial charge in [-0.25, -0.2) is 0 Å². The Labute approximate surface area is 168 Å². The first kappa shape index (κ1) is 21.0. The van der Waals surface area contributed by atoms with E-state index in [0.29, 0.717) is 22.4 Å². The van der Waals surface area contributed by atoms with Gasteiger partial charge >= 0.3 is 0 Å². The quantitative estimate of drug-likeness (QED) is 0.361. The van der Waals surface area contributed by atoms with Crippen LogP contribution in [-0.4, -0.2) is 36.6 Å². The number of nitro groups is 1. The second-order valence-electron chi connectivity index (χ2n) is 5.58. The highest BCUT2D eigenvalue weighted by molar-refractivity contribution is 8.23. The molecule has 144 valence electrons. The number of hydrogen-bond acceptors (Lipinski definition) is 6. The molecule has 0 N–H and O–H groups in total. The lowest BCUT2D eigenvalue weighted by Gasteiger charge is -2.25. The van der Waals surface area contributed by atoms with Gasteiger partial charge in [-0.3, -0.25) is 10.1 Å². The number of benzene rings is 2. The Hall–Kier alpha value is -2.32. The number of thioether (sulfide) groups is 1. The van der Waals surface area contributed by atoms with Crippen LogP contribution in [0.3, 0.4) is 0 Å². The molecule has 8 heteroatoms. The van der Waals surface area contributed by atoms with Crippen LogP contribution in [0.25, 0.3) is 0 Å². The predicted octanol–water partition coefficient (Wildman–Crippen LogP) is 4.57. The lowest BCUT2D eigenvalue weighted by atomic mass is 10.1. The minimum absolute atomic E-state index is 0.243. The molecule has 0 saturated heterocycles. The molecular formula is C19H22N2O4S2. The first-order valence-electron chi connectivity index (χ1n) is 8.37. The Morgan fingerprint density at radius 3 is 2.41 bits per heavy atom. The van der Waals surface area contributed by atoms with E-state index in [9.17, 15) is 10.1 Å². The topological polar surface area (TPSA) is 64.8 Å². The number of hydrogen-bond donors (Lipinski definition) is 0. The Morgan fingerprint density at radius 2 is 1.85 bits per heavy atom. The second kappa shape index (κ2) is 10.1. The summed E-state index contributed by atoms with van der Waals surface area (Å²) in [5.41, 5.74) is 1.73. The Bertz CT molecular complexity index is 787. The summed E-state index contributed by atoms with van der Waals surface area (Å²) in [4.78, 5) is 12.9. The highest BCUT2D eigenvalue weighted by Crippen LogP contribution is 2.37. The van der Waals surface area contributed by atoms with E-state index in [1.807, 2.05) is 48.2 Å². The molecular weight excluding hydrogens is 384 g/mol. The molecule has 0 aliphatic heterocycles. The summed E-state index contributed by atoms with van der Waals surface area (Å²) in [7, 11) is 3.09. The molecule has 0 aliphatic rings. The zero-order valence-corrected chi connectivity index (χ0v) is 17.1. The van der Waals surface area contributed by atoms with E-state index in [0.717, 1.165) is 11.3 Å². The molecule has 0 amide bonds. The molecule has 1 atom stereocenters. The SMILES string of the molecule is CCN(C(=S)SC(C[N+](=O)[O-])c1ccc(OC)c(OC)c1)c1ccccc1. The number of thiocarbonyl (C=S) groups is 1. The second-order valence-corrected chi connectivity index (χ2v) is 7.42. The van der Waals surface area contributed by atoms with E-state index < -0.39 is 5.25 Å². The molecule has 0 radical (unpaired) electrons. The molecule has 0 heterocycles. The number of para-hydroxylation sites is 1. The summed E-state index contributed by atoms with van der Waals surface area (Å²) in [6, 6.07) is 15.1. The van der Waals surface area contributed by atoms with Gasteiger partial charge in [-0.15, -0.1) is 0 Å². The van der Waals surface area contributed by atoms with Gasteiger partial charge in [0.2, 0.25) is 6.54 Å². The minimum Gasteiger partial charge on any atom is -0.493 e. The summed E-state index contributed by atoms with van der Waals surface area (Å²) in [5, 5.41) is 10.8. The molecule has 0 aliphatic carbocycles. The molecule has 6 nitrogen and oxygen atoms in total. The van der Waals surface area contributed by atoms with Crippen LogP contribution < -0.4 is 14.4 Å². The maximum absolute atomic E-state index is 11.2. The number of nitrogens with zero attached hydrogens (tertiary/aromatic N) is 2. The maximum Gasteiger partial charge on any atom is 0.220 e. The van der Waals surface area contributed by atoms with Crippen LogP contribution in [-0.2, 0) is 0 Å². The third kappa shape index (κ3) is 5.58. The van der Waals surface area contributed by atoms with Crippen LogP contribution in [0.1, 0.15) is 17.7 Å². The minimum atomic E-state index is -0.440. The van der Waals surface area contributed by atoms with Crippen molar-refractivity contribution in [1.82, 2.24) is 0 Å². The number of rotatable bonds is 8. The van der Waals surface area contributed by atoms with Crippen LogP contribution in [0.2, 0.25) is 0 Å². The summed E-state index contributed by atoms with van der Waals surface area (Å²) >= 11 is 6.91. The van der Waals surface area contributed by atoms with E-state index in [4.69, 9.17) is 21.7 Å². The van der Waals surface area contributed by atoms with Crippen molar-refractivity contribution in [3.8, 4) is 11.5 Å². The third-order valence-electron chi connectivity index (χ3n) is 3.94. The van der Waals surface area contributed by atoms with Crippen molar-refractivity contribution in [3.05, 3.63) is 64.2 Å². The highest BCUT2D eigenvalue weighted by Gasteiger charge is 2.24. The normalized spacial score (nSPS) is 11.5. The molecule has 27 heavy (non-hydrogen) atoms. The van der Waals surface area contributed by atoms with Gasteiger partial charge in [-0.2, -0.15) is 0 Å². The van der Waals surface area contributed by atoms with E-state index in [1.165, 1.54) is 18.9 Å². The molecule has 0 spiro atoms. The monoisotopic (exact) mass is 406 g/mol. The Balaban J connectivity index is 2.28. The number of ether oxygens (including phenoxy) is 2.